The topological polar surface area (TPSA) is 80.5 Å². The Bertz CT molecular complexity index is 799. The summed E-state index contributed by atoms with van der Waals surface area (Å²) in [6.07, 6.45) is 5.72. The molecular weight excluding hydrogens is 404 g/mol. The molecule has 1 aliphatic carbocycles. The normalized spacial score (nSPS) is 16.9. The van der Waals surface area contributed by atoms with Gasteiger partial charge in [0.15, 0.2) is 0 Å². The molecule has 1 saturated carbocycles. The first-order valence-corrected chi connectivity index (χ1v) is 10.8. The molecule has 8 heteroatoms. The number of amides is 1. The lowest BCUT2D eigenvalue weighted by Crippen LogP contribution is -2.45. The minimum Gasteiger partial charge on any atom is -0.494 e. The number of ether oxygens (including phenoxy) is 1. The summed E-state index contributed by atoms with van der Waals surface area (Å²) in [5.74, 6) is 2.93. The number of halogens is 1. The van der Waals surface area contributed by atoms with Crippen molar-refractivity contribution in [3.05, 3.63) is 30.2 Å². The van der Waals surface area contributed by atoms with Crippen molar-refractivity contribution in [3.63, 3.8) is 0 Å². The van der Waals surface area contributed by atoms with Crippen LogP contribution in [0.25, 0.3) is 11.4 Å². The molecule has 1 N–H and O–H groups in total. The van der Waals surface area contributed by atoms with Gasteiger partial charge in [-0.1, -0.05) is 5.16 Å². The zero-order valence-corrected chi connectivity index (χ0v) is 18.3. The summed E-state index contributed by atoms with van der Waals surface area (Å²) >= 11 is 0. The van der Waals surface area contributed by atoms with Crippen LogP contribution < -0.4 is 10.1 Å². The first-order valence-electron chi connectivity index (χ1n) is 10.8. The molecule has 0 spiro atoms. The molecule has 2 aromatic rings. The lowest BCUT2D eigenvalue weighted by molar-refractivity contribution is -0.132. The van der Waals surface area contributed by atoms with E-state index in [0.717, 1.165) is 49.7 Å². The fourth-order valence-electron chi connectivity index (χ4n) is 3.70. The van der Waals surface area contributed by atoms with Crippen molar-refractivity contribution in [2.24, 2.45) is 5.92 Å². The molecular formula is C22H31ClN4O3. The molecule has 7 nitrogen and oxygen atoms in total. The molecule has 2 fully saturated rings. The van der Waals surface area contributed by atoms with Gasteiger partial charge in [-0.2, -0.15) is 4.98 Å². The molecule has 0 atom stereocenters. The maximum atomic E-state index is 12.5. The summed E-state index contributed by atoms with van der Waals surface area (Å²) < 4.78 is 10.8. The Morgan fingerprint density at radius 3 is 2.60 bits per heavy atom. The number of nitrogens with zero attached hydrogens (tertiary/aromatic N) is 3. The highest BCUT2D eigenvalue weighted by Gasteiger charge is 2.26. The zero-order valence-electron chi connectivity index (χ0n) is 17.5. The van der Waals surface area contributed by atoms with Gasteiger partial charge in [-0.25, -0.2) is 0 Å². The van der Waals surface area contributed by atoms with Crippen LogP contribution >= 0.6 is 12.4 Å². The molecule has 0 radical (unpaired) electrons. The molecule has 1 aromatic heterocycles. The Labute approximate surface area is 184 Å². The van der Waals surface area contributed by atoms with Crippen molar-refractivity contribution in [1.82, 2.24) is 20.4 Å². The summed E-state index contributed by atoms with van der Waals surface area (Å²) in [4.78, 5) is 18.9. The third-order valence-electron chi connectivity index (χ3n) is 5.68. The third-order valence-corrected chi connectivity index (χ3v) is 5.68. The van der Waals surface area contributed by atoms with E-state index in [-0.39, 0.29) is 18.3 Å². The predicted molar refractivity (Wildman–Crippen MR) is 117 cm³/mol. The van der Waals surface area contributed by atoms with Gasteiger partial charge in [0.05, 0.1) is 6.61 Å². The van der Waals surface area contributed by atoms with Crippen LogP contribution in [0.1, 0.15) is 44.9 Å². The minimum atomic E-state index is 0. The summed E-state index contributed by atoms with van der Waals surface area (Å²) in [6, 6.07) is 8.16. The largest absolute Gasteiger partial charge is 0.494 e. The Morgan fingerprint density at radius 1 is 1.20 bits per heavy atom. The van der Waals surface area contributed by atoms with E-state index in [1.807, 2.05) is 36.1 Å². The number of rotatable bonds is 9. The number of hydrogen-bond acceptors (Lipinski definition) is 6. The van der Waals surface area contributed by atoms with Crippen LogP contribution in [0, 0.1) is 5.92 Å². The number of carbonyl (C=O) groups excluding carboxylic acids is 1. The summed E-state index contributed by atoms with van der Waals surface area (Å²) in [5.41, 5.74) is 0.871. The molecule has 1 aromatic carbocycles. The highest BCUT2D eigenvalue weighted by atomic mass is 35.5. The molecule has 164 valence electrons. The van der Waals surface area contributed by atoms with Crippen molar-refractivity contribution in [2.75, 3.05) is 26.2 Å². The first kappa shape index (κ1) is 22.6. The van der Waals surface area contributed by atoms with E-state index in [4.69, 9.17) is 9.26 Å². The van der Waals surface area contributed by atoms with E-state index < -0.39 is 0 Å². The zero-order chi connectivity index (χ0) is 20.1. The van der Waals surface area contributed by atoms with E-state index in [9.17, 15) is 4.79 Å². The second-order valence-electron chi connectivity index (χ2n) is 7.98. The summed E-state index contributed by atoms with van der Waals surface area (Å²) in [7, 11) is 0. The monoisotopic (exact) mass is 434 g/mol. The molecule has 30 heavy (non-hydrogen) atoms. The number of piperidine rings is 1. The maximum absolute atomic E-state index is 12.5. The fourth-order valence-corrected chi connectivity index (χ4v) is 3.70. The molecule has 1 aliphatic heterocycles. The second-order valence-corrected chi connectivity index (χ2v) is 7.98. The smallest absolute Gasteiger partial charge is 0.227 e. The van der Waals surface area contributed by atoms with Gasteiger partial charge in [-0.05, 0) is 69.3 Å². The molecule has 2 heterocycles. The number of aryl methyl sites for hydroxylation is 1. The lowest BCUT2D eigenvalue weighted by Gasteiger charge is -2.32. The number of benzene rings is 1. The Morgan fingerprint density at radius 2 is 1.93 bits per heavy atom. The van der Waals surface area contributed by atoms with Crippen molar-refractivity contribution in [2.45, 2.75) is 51.5 Å². The Balaban J connectivity index is 0.00000256. The van der Waals surface area contributed by atoms with Gasteiger partial charge in [0, 0.05) is 37.5 Å². The van der Waals surface area contributed by atoms with Crippen molar-refractivity contribution in [1.29, 1.82) is 0 Å². The number of likely N-dealkylation sites (tertiary alicyclic amines) is 1. The van der Waals surface area contributed by atoms with Crippen LogP contribution in [-0.4, -0.2) is 53.2 Å². The van der Waals surface area contributed by atoms with Crippen molar-refractivity contribution >= 4 is 18.3 Å². The summed E-state index contributed by atoms with van der Waals surface area (Å²) in [6.45, 7) is 5.40. The number of nitrogens with one attached hydrogen (secondary N) is 1. The van der Waals surface area contributed by atoms with E-state index in [1.54, 1.807) is 0 Å². The van der Waals surface area contributed by atoms with Gasteiger partial charge in [0.25, 0.3) is 0 Å². The third kappa shape index (κ3) is 6.19. The van der Waals surface area contributed by atoms with E-state index in [0.29, 0.717) is 37.2 Å². The van der Waals surface area contributed by atoms with Gasteiger partial charge < -0.3 is 19.5 Å². The molecule has 2 aliphatic rings. The average molecular weight is 435 g/mol. The van der Waals surface area contributed by atoms with Crippen LogP contribution in [0.2, 0.25) is 0 Å². The highest BCUT2D eigenvalue weighted by Crippen LogP contribution is 2.28. The van der Waals surface area contributed by atoms with Gasteiger partial charge >= 0.3 is 0 Å². The van der Waals surface area contributed by atoms with Crippen LogP contribution in [0.5, 0.6) is 5.75 Å². The number of carbonyl (C=O) groups is 1. The molecule has 0 bridgehead atoms. The quantitative estimate of drug-likeness (QED) is 0.650. The predicted octanol–water partition coefficient (Wildman–Crippen LogP) is 3.48. The van der Waals surface area contributed by atoms with Gasteiger partial charge in [0.2, 0.25) is 17.6 Å². The van der Waals surface area contributed by atoms with Crippen molar-refractivity contribution < 1.29 is 14.1 Å². The maximum Gasteiger partial charge on any atom is 0.227 e. The van der Waals surface area contributed by atoms with Gasteiger partial charge in [0.1, 0.15) is 5.75 Å². The average Bonchev–Trinajstić information content (AvgIpc) is 3.47. The molecule has 4 rings (SSSR count). The van der Waals surface area contributed by atoms with Crippen LogP contribution in [0.15, 0.2) is 28.8 Å². The lowest BCUT2D eigenvalue weighted by atomic mass is 10.0. The molecule has 0 unspecified atom stereocenters. The number of hydrogen-bond donors (Lipinski definition) is 1. The van der Waals surface area contributed by atoms with E-state index >= 15 is 0 Å². The Kier molecular flexibility index (Phi) is 8.10. The van der Waals surface area contributed by atoms with Gasteiger partial charge in [-0.15, -0.1) is 12.4 Å². The van der Waals surface area contributed by atoms with Crippen molar-refractivity contribution in [3.8, 4) is 17.1 Å². The Hall–Kier alpha value is -2.12. The molecule has 1 saturated heterocycles. The standard InChI is InChI=1S/C22H30N4O3.ClH/c1-2-28-19-7-5-17(6-8-19)22-24-20(29-25-22)9-10-21(27)26-13-11-18(12-14-26)23-15-16-3-4-16;/h5-8,16,18,23H,2-4,9-15H2,1H3;1H. The highest BCUT2D eigenvalue weighted by molar-refractivity contribution is 5.85. The first-order chi connectivity index (χ1) is 14.2. The minimum absolute atomic E-state index is 0. The molecule has 1 amide bonds. The van der Waals surface area contributed by atoms with E-state index in [2.05, 4.69) is 15.5 Å². The summed E-state index contributed by atoms with van der Waals surface area (Å²) in [5, 5.41) is 7.69. The van der Waals surface area contributed by atoms with Gasteiger partial charge in [-0.3, -0.25) is 4.79 Å². The van der Waals surface area contributed by atoms with Crippen LogP contribution in [0.4, 0.5) is 0 Å². The van der Waals surface area contributed by atoms with Crippen LogP contribution in [-0.2, 0) is 11.2 Å². The second kappa shape index (κ2) is 10.8. The van der Waals surface area contributed by atoms with Crippen LogP contribution in [0.3, 0.4) is 0 Å². The fraction of sp³-hybridized carbons (Fsp3) is 0.591. The number of aromatic nitrogens is 2. The SMILES string of the molecule is CCOc1ccc(-c2noc(CCC(=O)N3CCC(NCC4CC4)CC3)n2)cc1.Cl. The van der Waals surface area contributed by atoms with E-state index in [1.165, 1.54) is 12.8 Å².